The van der Waals surface area contributed by atoms with Gasteiger partial charge in [-0.3, -0.25) is 20.2 Å². The molecule has 29 heavy (non-hydrogen) atoms. The Kier molecular flexibility index (Phi) is 4.94. The van der Waals surface area contributed by atoms with Crippen LogP contribution in [0, 0.1) is 0 Å². The second kappa shape index (κ2) is 7.70. The molecule has 2 N–H and O–H groups in total. The number of hydrogen-bond donors (Lipinski definition) is 2. The highest BCUT2D eigenvalue weighted by molar-refractivity contribution is 6.10. The van der Waals surface area contributed by atoms with Crippen molar-refractivity contribution in [3.05, 3.63) is 47.5 Å². The first-order chi connectivity index (χ1) is 14.1. The zero-order valence-corrected chi connectivity index (χ0v) is 15.9. The molecule has 0 bridgehead atoms. The summed E-state index contributed by atoms with van der Waals surface area (Å²) in [5.41, 5.74) is 1.05. The van der Waals surface area contributed by atoms with Crippen molar-refractivity contribution in [3.63, 3.8) is 0 Å². The fraction of sp³-hybridized carbons (Fsp3) is 0.250. The van der Waals surface area contributed by atoms with Crippen LogP contribution in [0.3, 0.4) is 0 Å². The van der Waals surface area contributed by atoms with Gasteiger partial charge in [-0.1, -0.05) is 0 Å². The number of methoxy groups -OCH3 is 2. The molecule has 0 unspecified atom stereocenters. The Hall–Kier alpha value is -3.75. The Bertz CT molecular complexity index is 1000. The van der Waals surface area contributed by atoms with E-state index < -0.39 is 11.9 Å². The van der Waals surface area contributed by atoms with Crippen LogP contribution in [0.2, 0.25) is 0 Å². The number of ether oxygens (including phenoxy) is 4. The van der Waals surface area contributed by atoms with Gasteiger partial charge in [0.2, 0.25) is 18.7 Å². The minimum absolute atomic E-state index is 0.0683. The van der Waals surface area contributed by atoms with Crippen molar-refractivity contribution in [2.75, 3.05) is 21.0 Å². The minimum Gasteiger partial charge on any atom is -0.497 e. The molecule has 0 spiro atoms. The van der Waals surface area contributed by atoms with E-state index in [0.29, 0.717) is 34.1 Å². The van der Waals surface area contributed by atoms with E-state index in [0.717, 1.165) is 0 Å². The van der Waals surface area contributed by atoms with E-state index in [9.17, 15) is 9.59 Å². The summed E-state index contributed by atoms with van der Waals surface area (Å²) < 4.78 is 21.2. The number of amides is 2. The van der Waals surface area contributed by atoms with Gasteiger partial charge in [0, 0.05) is 11.1 Å². The van der Waals surface area contributed by atoms with Gasteiger partial charge >= 0.3 is 0 Å². The highest BCUT2D eigenvalue weighted by atomic mass is 16.7. The van der Waals surface area contributed by atoms with Crippen molar-refractivity contribution in [3.8, 4) is 23.0 Å². The molecule has 9 nitrogen and oxygen atoms in total. The van der Waals surface area contributed by atoms with Crippen LogP contribution in [0.25, 0.3) is 0 Å². The second-order valence-corrected chi connectivity index (χ2v) is 6.38. The van der Waals surface area contributed by atoms with Gasteiger partial charge in [0.25, 0.3) is 5.91 Å². The van der Waals surface area contributed by atoms with E-state index in [2.05, 4.69) is 15.6 Å². The van der Waals surface area contributed by atoms with Gasteiger partial charge in [0.1, 0.15) is 11.5 Å². The maximum Gasteiger partial charge on any atom is 0.258 e. The van der Waals surface area contributed by atoms with Crippen molar-refractivity contribution in [2.24, 2.45) is 4.99 Å². The molecule has 2 aliphatic rings. The van der Waals surface area contributed by atoms with Crippen LogP contribution >= 0.6 is 0 Å². The lowest BCUT2D eigenvalue weighted by molar-refractivity contribution is -0.120. The lowest BCUT2D eigenvalue weighted by Gasteiger charge is -2.23. The van der Waals surface area contributed by atoms with Crippen LogP contribution in [0.15, 0.2) is 41.4 Å². The van der Waals surface area contributed by atoms with Gasteiger partial charge in [0.15, 0.2) is 11.5 Å². The molecule has 2 heterocycles. The first kappa shape index (κ1) is 18.6. The van der Waals surface area contributed by atoms with Crippen LogP contribution in [-0.4, -0.2) is 38.8 Å². The molecule has 0 saturated carbocycles. The van der Waals surface area contributed by atoms with Crippen molar-refractivity contribution < 1.29 is 28.5 Å². The maximum absolute atomic E-state index is 12.6. The summed E-state index contributed by atoms with van der Waals surface area (Å²) in [4.78, 5) is 29.3. The fourth-order valence-corrected chi connectivity index (χ4v) is 3.15. The fourth-order valence-electron chi connectivity index (χ4n) is 3.15. The number of hydrogen-bond acceptors (Lipinski definition) is 7. The quantitative estimate of drug-likeness (QED) is 0.814. The highest BCUT2D eigenvalue weighted by Crippen LogP contribution is 2.35. The number of carbonyl (C=O) groups excluding carboxylic acids is 2. The van der Waals surface area contributed by atoms with Crippen LogP contribution < -0.4 is 29.6 Å². The molecule has 2 amide bonds. The molecular formula is C20H19N3O6. The van der Waals surface area contributed by atoms with E-state index in [1.807, 2.05) is 0 Å². The van der Waals surface area contributed by atoms with Gasteiger partial charge in [-0.05, 0) is 36.4 Å². The molecule has 0 aromatic heterocycles. The van der Waals surface area contributed by atoms with Gasteiger partial charge in [0.05, 0.1) is 26.7 Å². The molecule has 2 aromatic rings. The van der Waals surface area contributed by atoms with E-state index in [1.165, 1.54) is 0 Å². The summed E-state index contributed by atoms with van der Waals surface area (Å²) >= 11 is 0. The molecule has 0 saturated heterocycles. The summed E-state index contributed by atoms with van der Waals surface area (Å²) in [6.45, 7) is 0.118. The standard InChI is InChI=1S/C20H19N3O6/c1-26-12-4-6-15(27-2)13(8-12)14-9-18(24)22-20(21-14)23-19(25)11-3-5-16-17(7-11)29-10-28-16/h3-8,14H,9-10H2,1-2H3,(H2,21,22,23,24,25)/t14-/m1/s1. The molecule has 0 radical (unpaired) electrons. The van der Waals surface area contributed by atoms with Crippen molar-refractivity contribution in [2.45, 2.75) is 12.5 Å². The molecule has 2 aliphatic heterocycles. The third-order valence-corrected chi connectivity index (χ3v) is 4.58. The topological polar surface area (TPSA) is 107 Å². The number of rotatable bonds is 4. The average molecular weight is 397 g/mol. The number of benzene rings is 2. The molecule has 0 aliphatic carbocycles. The molecule has 2 aromatic carbocycles. The average Bonchev–Trinajstić information content (AvgIpc) is 3.20. The van der Waals surface area contributed by atoms with E-state index >= 15 is 0 Å². The first-order valence-electron chi connectivity index (χ1n) is 8.88. The van der Waals surface area contributed by atoms with Crippen LogP contribution in [-0.2, 0) is 4.79 Å². The summed E-state index contributed by atoms with van der Waals surface area (Å²) in [7, 11) is 3.10. The van der Waals surface area contributed by atoms with Crippen molar-refractivity contribution in [1.29, 1.82) is 0 Å². The van der Waals surface area contributed by atoms with Crippen LogP contribution in [0.4, 0.5) is 0 Å². The second-order valence-electron chi connectivity index (χ2n) is 6.38. The normalized spacial score (nSPS) is 17.2. The van der Waals surface area contributed by atoms with Gasteiger partial charge in [-0.25, -0.2) is 4.99 Å². The smallest absolute Gasteiger partial charge is 0.258 e. The highest BCUT2D eigenvalue weighted by Gasteiger charge is 2.27. The Balaban J connectivity index is 1.58. The number of fused-ring (bicyclic) bond motifs is 1. The summed E-state index contributed by atoms with van der Waals surface area (Å²) in [6, 6.07) is 9.59. The molecule has 4 rings (SSSR count). The Morgan fingerprint density at radius 1 is 1.14 bits per heavy atom. The molecule has 9 heteroatoms. The first-order valence-corrected chi connectivity index (χ1v) is 8.88. The predicted octanol–water partition coefficient (Wildman–Crippen LogP) is 1.78. The number of guanidine groups is 1. The largest absolute Gasteiger partial charge is 0.497 e. The number of nitrogens with one attached hydrogen (secondary N) is 2. The lowest BCUT2D eigenvalue weighted by atomic mass is 10.0. The molecule has 1 atom stereocenters. The third kappa shape index (κ3) is 3.79. The molecular weight excluding hydrogens is 378 g/mol. The lowest BCUT2D eigenvalue weighted by Crippen LogP contribution is -2.47. The molecule has 150 valence electrons. The van der Waals surface area contributed by atoms with Crippen molar-refractivity contribution in [1.82, 2.24) is 10.6 Å². The van der Waals surface area contributed by atoms with Crippen LogP contribution in [0.5, 0.6) is 23.0 Å². The van der Waals surface area contributed by atoms with Crippen LogP contribution in [0.1, 0.15) is 28.4 Å². The zero-order valence-electron chi connectivity index (χ0n) is 15.9. The van der Waals surface area contributed by atoms with Gasteiger partial charge in [-0.2, -0.15) is 0 Å². The third-order valence-electron chi connectivity index (χ3n) is 4.58. The Labute approximate surface area is 166 Å². The Morgan fingerprint density at radius 3 is 2.76 bits per heavy atom. The van der Waals surface area contributed by atoms with Crippen molar-refractivity contribution >= 4 is 17.8 Å². The number of carbonyl (C=O) groups is 2. The number of nitrogens with zero attached hydrogens (tertiary/aromatic N) is 1. The van der Waals surface area contributed by atoms with Gasteiger partial charge in [-0.15, -0.1) is 0 Å². The van der Waals surface area contributed by atoms with Gasteiger partial charge < -0.3 is 18.9 Å². The maximum atomic E-state index is 12.6. The predicted molar refractivity (Wildman–Crippen MR) is 103 cm³/mol. The van der Waals surface area contributed by atoms with E-state index in [-0.39, 0.29) is 25.1 Å². The van der Waals surface area contributed by atoms with E-state index in [4.69, 9.17) is 18.9 Å². The Morgan fingerprint density at radius 2 is 1.97 bits per heavy atom. The summed E-state index contributed by atoms with van der Waals surface area (Å²) in [5, 5.41) is 5.22. The number of aliphatic imine (C=N–C) groups is 1. The minimum atomic E-state index is -0.527. The SMILES string of the molecule is COc1ccc(OC)c([C@H]2CC(=O)NC(NC(=O)c3ccc4c(c3)OCO4)=N2)c1. The monoisotopic (exact) mass is 397 g/mol. The van der Waals surface area contributed by atoms with E-state index in [1.54, 1.807) is 50.6 Å². The molecule has 0 fully saturated rings. The summed E-state index contributed by atoms with van der Waals surface area (Å²) in [6.07, 6.45) is 0.118. The summed E-state index contributed by atoms with van der Waals surface area (Å²) in [5.74, 6) is 1.64. The zero-order chi connectivity index (χ0) is 20.4.